The third-order valence-electron chi connectivity index (χ3n) is 3.54. The lowest BCUT2D eigenvalue weighted by molar-refractivity contribution is 0.338. The molecule has 22 heavy (non-hydrogen) atoms. The summed E-state index contributed by atoms with van der Waals surface area (Å²) in [7, 11) is -1.93. The lowest BCUT2D eigenvalue weighted by atomic mass is 10.1. The van der Waals surface area contributed by atoms with Crippen molar-refractivity contribution in [3.05, 3.63) is 30.6 Å². The van der Waals surface area contributed by atoms with E-state index in [9.17, 15) is 8.42 Å². The fraction of sp³-hybridized carbons (Fsp3) is 0.500. The van der Waals surface area contributed by atoms with E-state index in [1.54, 1.807) is 31.3 Å². The van der Waals surface area contributed by atoms with Crippen LogP contribution in [0.15, 0.2) is 35.5 Å². The van der Waals surface area contributed by atoms with Gasteiger partial charge in [0.1, 0.15) is 6.33 Å². The van der Waals surface area contributed by atoms with Gasteiger partial charge in [0, 0.05) is 13.1 Å². The number of hydrogen-bond acceptors (Lipinski definition) is 5. The first-order chi connectivity index (χ1) is 10.3. The molecule has 2 rings (SSSR count). The van der Waals surface area contributed by atoms with Crippen LogP contribution in [0.5, 0.6) is 0 Å². The molecule has 1 aromatic heterocycles. The normalized spacial score (nSPS) is 13.7. The van der Waals surface area contributed by atoms with Crippen LogP contribution in [-0.2, 0) is 10.0 Å². The van der Waals surface area contributed by atoms with Gasteiger partial charge in [0.2, 0.25) is 10.0 Å². The molecule has 0 amide bonds. The first-order valence-corrected chi connectivity index (χ1v) is 8.58. The number of aromatic nitrogens is 4. The highest BCUT2D eigenvalue weighted by molar-refractivity contribution is 7.89. The summed E-state index contributed by atoms with van der Waals surface area (Å²) in [5.74, 6) is 0.431. The first kappa shape index (κ1) is 16.6. The van der Waals surface area contributed by atoms with Crippen LogP contribution in [0.25, 0.3) is 5.69 Å². The highest BCUT2D eigenvalue weighted by Gasteiger charge is 2.26. The fourth-order valence-electron chi connectivity index (χ4n) is 2.30. The molecule has 0 bridgehead atoms. The lowest BCUT2D eigenvalue weighted by Gasteiger charge is -2.25. The van der Waals surface area contributed by atoms with Crippen molar-refractivity contribution in [2.45, 2.75) is 38.1 Å². The molecule has 1 atom stereocenters. The SMILES string of the molecule is CC(C)C[C@@H](C)N(C)S(=O)(=O)c1cccc(-n2cnnn2)c1. The van der Waals surface area contributed by atoms with E-state index in [0.29, 0.717) is 11.6 Å². The molecule has 1 aromatic carbocycles. The average Bonchev–Trinajstić information content (AvgIpc) is 3.00. The van der Waals surface area contributed by atoms with E-state index in [1.807, 2.05) is 6.92 Å². The Morgan fingerprint density at radius 2 is 2.00 bits per heavy atom. The van der Waals surface area contributed by atoms with Crippen molar-refractivity contribution in [2.24, 2.45) is 5.92 Å². The maximum absolute atomic E-state index is 12.7. The molecule has 1 heterocycles. The van der Waals surface area contributed by atoms with Gasteiger partial charge in [0.05, 0.1) is 10.6 Å². The zero-order chi connectivity index (χ0) is 16.3. The minimum Gasteiger partial charge on any atom is -0.207 e. The molecular formula is C14H21N5O2S. The molecule has 8 heteroatoms. The van der Waals surface area contributed by atoms with Gasteiger partial charge in [-0.3, -0.25) is 0 Å². The highest BCUT2D eigenvalue weighted by atomic mass is 32.2. The van der Waals surface area contributed by atoms with E-state index in [0.717, 1.165) is 6.42 Å². The van der Waals surface area contributed by atoms with E-state index >= 15 is 0 Å². The van der Waals surface area contributed by atoms with Crippen molar-refractivity contribution >= 4 is 10.0 Å². The molecule has 0 aliphatic rings. The summed E-state index contributed by atoms with van der Waals surface area (Å²) in [5.41, 5.74) is 0.607. The largest absolute Gasteiger partial charge is 0.243 e. The molecule has 0 spiro atoms. The number of nitrogens with zero attached hydrogens (tertiary/aromatic N) is 5. The van der Waals surface area contributed by atoms with E-state index in [-0.39, 0.29) is 10.9 Å². The summed E-state index contributed by atoms with van der Waals surface area (Å²) in [6, 6.07) is 6.53. The second-order valence-corrected chi connectivity index (χ2v) is 7.75. The Hall–Kier alpha value is -1.80. The Kier molecular flexibility index (Phi) is 4.92. The topological polar surface area (TPSA) is 81.0 Å². The number of benzene rings is 1. The zero-order valence-electron chi connectivity index (χ0n) is 13.2. The summed E-state index contributed by atoms with van der Waals surface area (Å²) in [4.78, 5) is 0.235. The predicted molar refractivity (Wildman–Crippen MR) is 83.0 cm³/mol. The van der Waals surface area contributed by atoms with Crippen molar-refractivity contribution in [2.75, 3.05) is 7.05 Å². The van der Waals surface area contributed by atoms with Crippen LogP contribution in [0.1, 0.15) is 27.2 Å². The maximum atomic E-state index is 12.7. The average molecular weight is 323 g/mol. The van der Waals surface area contributed by atoms with Gasteiger partial charge < -0.3 is 0 Å². The van der Waals surface area contributed by atoms with Crippen LogP contribution in [0.4, 0.5) is 0 Å². The van der Waals surface area contributed by atoms with Gasteiger partial charge in [-0.1, -0.05) is 19.9 Å². The molecule has 0 N–H and O–H groups in total. The van der Waals surface area contributed by atoms with Crippen molar-refractivity contribution < 1.29 is 8.42 Å². The van der Waals surface area contributed by atoms with Gasteiger partial charge in [-0.15, -0.1) is 5.10 Å². The summed E-state index contributed by atoms with van der Waals surface area (Å²) in [6.07, 6.45) is 2.24. The molecule has 0 radical (unpaired) electrons. The Bertz CT molecular complexity index is 713. The fourth-order valence-corrected chi connectivity index (χ4v) is 3.71. The number of hydrogen-bond donors (Lipinski definition) is 0. The van der Waals surface area contributed by atoms with Gasteiger partial charge in [0.15, 0.2) is 0 Å². The molecule has 120 valence electrons. The second-order valence-electron chi connectivity index (χ2n) is 5.75. The molecule has 2 aromatic rings. The van der Waals surface area contributed by atoms with E-state index in [2.05, 4.69) is 29.4 Å². The minimum atomic E-state index is -3.55. The molecule has 0 unspecified atom stereocenters. The van der Waals surface area contributed by atoms with Gasteiger partial charge in [-0.2, -0.15) is 4.31 Å². The first-order valence-electron chi connectivity index (χ1n) is 7.14. The van der Waals surface area contributed by atoms with E-state index < -0.39 is 10.0 Å². The molecule has 0 aliphatic carbocycles. The standard InChI is InChI=1S/C14H21N5O2S/c1-11(2)8-12(3)18(4)22(20,21)14-7-5-6-13(9-14)19-10-15-16-17-19/h5-7,9-12H,8H2,1-4H3/t12-/m1/s1. The van der Waals surface area contributed by atoms with Crippen molar-refractivity contribution in [3.8, 4) is 5.69 Å². The summed E-state index contributed by atoms with van der Waals surface area (Å²) in [6.45, 7) is 6.08. The third kappa shape index (κ3) is 3.50. The summed E-state index contributed by atoms with van der Waals surface area (Å²) in [5, 5.41) is 10.9. The summed E-state index contributed by atoms with van der Waals surface area (Å²) < 4.78 is 28.3. The summed E-state index contributed by atoms with van der Waals surface area (Å²) >= 11 is 0. The Morgan fingerprint density at radius 3 is 2.59 bits per heavy atom. The Labute approximate surface area is 131 Å². The Balaban J connectivity index is 2.32. The van der Waals surface area contributed by atoms with Crippen molar-refractivity contribution in [3.63, 3.8) is 0 Å². The van der Waals surface area contributed by atoms with E-state index in [1.165, 1.54) is 15.3 Å². The maximum Gasteiger partial charge on any atom is 0.243 e. The van der Waals surface area contributed by atoms with Crippen LogP contribution in [0.2, 0.25) is 0 Å². The minimum absolute atomic E-state index is 0.0679. The van der Waals surface area contributed by atoms with E-state index in [4.69, 9.17) is 0 Å². The molecular weight excluding hydrogens is 302 g/mol. The third-order valence-corrected chi connectivity index (χ3v) is 5.51. The second kappa shape index (κ2) is 6.53. The van der Waals surface area contributed by atoms with Gasteiger partial charge >= 0.3 is 0 Å². The zero-order valence-corrected chi connectivity index (χ0v) is 14.0. The molecule has 0 fully saturated rings. The monoisotopic (exact) mass is 323 g/mol. The van der Waals surface area contributed by atoms with Crippen molar-refractivity contribution in [1.82, 2.24) is 24.5 Å². The highest BCUT2D eigenvalue weighted by Crippen LogP contribution is 2.21. The van der Waals surface area contributed by atoms with Crippen molar-refractivity contribution in [1.29, 1.82) is 0 Å². The molecule has 0 saturated carbocycles. The van der Waals surface area contributed by atoms with Crippen LogP contribution in [0, 0.1) is 5.92 Å². The van der Waals surface area contributed by atoms with Crippen LogP contribution < -0.4 is 0 Å². The predicted octanol–water partition coefficient (Wildman–Crippen LogP) is 1.72. The number of tetrazole rings is 1. The quantitative estimate of drug-likeness (QED) is 0.808. The Morgan fingerprint density at radius 1 is 1.27 bits per heavy atom. The number of sulfonamides is 1. The smallest absolute Gasteiger partial charge is 0.207 e. The van der Waals surface area contributed by atoms with Crippen LogP contribution in [-0.4, -0.2) is 46.0 Å². The molecule has 7 nitrogen and oxygen atoms in total. The van der Waals surface area contributed by atoms with Gasteiger partial charge in [-0.25, -0.2) is 13.1 Å². The number of rotatable bonds is 6. The van der Waals surface area contributed by atoms with Crippen LogP contribution >= 0.6 is 0 Å². The lowest BCUT2D eigenvalue weighted by Crippen LogP contribution is -2.35. The van der Waals surface area contributed by atoms with Crippen LogP contribution in [0.3, 0.4) is 0 Å². The van der Waals surface area contributed by atoms with Gasteiger partial charge in [0.25, 0.3) is 0 Å². The molecule has 0 aliphatic heterocycles. The molecule has 0 saturated heterocycles. The van der Waals surface area contributed by atoms with Gasteiger partial charge in [-0.05, 0) is 47.9 Å².